The molecule has 0 aromatic heterocycles. The molecule has 9 heteroatoms. The fraction of sp³-hybridized carbons (Fsp3) is 0.760. The van der Waals surface area contributed by atoms with E-state index in [1.54, 1.807) is 0 Å². The second-order valence-corrected chi connectivity index (χ2v) is 17.4. The van der Waals surface area contributed by atoms with Crippen LogP contribution in [0.15, 0.2) is 36.4 Å². The van der Waals surface area contributed by atoms with Gasteiger partial charge in [-0.2, -0.15) is 0 Å². The van der Waals surface area contributed by atoms with Crippen LogP contribution in [0.25, 0.3) is 0 Å². The van der Waals surface area contributed by atoms with Gasteiger partial charge in [0.1, 0.15) is 0 Å². The molecule has 2 aromatic carbocycles. The van der Waals surface area contributed by atoms with E-state index < -0.39 is 0 Å². The van der Waals surface area contributed by atoms with E-state index in [-0.39, 0.29) is 12.6 Å². The van der Waals surface area contributed by atoms with Crippen molar-refractivity contribution in [3.05, 3.63) is 47.5 Å². The maximum Gasteiger partial charge on any atom is 0.241 e. The first-order chi connectivity index (χ1) is 29.0. The van der Waals surface area contributed by atoms with Crippen molar-refractivity contribution in [2.24, 2.45) is 11.8 Å². The molecule has 0 fully saturated rings. The van der Waals surface area contributed by atoms with Gasteiger partial charge in [0.15, 0.2) is 23.0 Å². The van der Waals surface area contributed by atoms with E-state index in [1.807, 2.05) is 24.3 Å². The summed E-state index contributed by atoms with van der Waals surface area (Å²) in [7, 11) is 0. The highest BCUT2D eigenvalue weighted by molar-refractivity contribution is 5.46. The van der Waals surface area contributed by atoms with Crippen molar-refractivity contribution in [2.45, 2.75) is 182 Å². The molecule has 2 heterocycles. The predicted molar refractivity (Wildman–Crippen MR) is 237 cm³/mol. The molecule has 4 rings (SSSR count). The Morgan fingerprint density at radius 3 is 1.05 bits per heavy atom. The van der Waals surface area contributed by atoms with E-state index in [9.17, 15) is 0 Å². The highest BCUT2D eigenvalue weighted by atomic mass is 16.7. The second-order valence-electron chi connectivity index (χ2n) is 17.4. The molecule has 0 saturated heterocycles. The zero-order valence-corrected chi connectivity index (χ0v) is 37.7. The van der Waals surface area contributed by atoms with Gasteiger partial charge in [-0.05, 0) is 111 Å². The lowest BCUT2D eigenvalue weighted by Gasteiger charge is -2.10. The van der Waals surface area contributed by atoms with Gasteiger partial charge in [-0.25, -0.2) is 0 Å². The molecule has 0 radical (unpaired) electrons. The van der Waals surface area contributed by atoms with Crippen LogP contribution in [0.2, 0.25) is 0 Å². The summed E-state index contributed by atoms with van der Waals surface area (Å²) in [5.74, 6) is 4.69. The Hall–Kier alpha value is -2.56. The highest BCUT2D eigenvalue weighted by Crippen LogP contribution is 2.38. The number of hydrogen-bond acceptors (Lipinski definition) is 9. The molecule has 59 heavy (non-hydrogen) atoms. The molecule has 0 saturated carbocycles. The van der Waals surface area contributed by atoms with Gasteiger partial charge in [-0.1, -0.05) is 91.2 Å². The Bertz CT molecular complexity index is 1230. The van der Waals surface area contributed by atoms with Crippen LogP contribution >= 0.6 is 0 Å². The molecule has 0 spiro atoms. The maximum absolute atomic E-state index is 6.14. The Morgan fingerprint density at radius 2 is 0.695 bits per heavy atom. The molecular formula is C50H82O9. The molecule has 2 aliphatic rings. The monoisotopic (exact) mass is 827 g/mol. The smallest absolute Gasteiger partial charge is 0.241 e. The van der Waals surface area contributed by atoms with Gasteiger partial charge in [-0.3, -0.25) is 0 Å². The quantitative estimate of drug-likeness (QED) is 0.0615. The Balaban J connectivity index is 0.934. The first-order valence-electron chi connectivity index (χ1n) is 23.8. The first-order valence-corrected chi connectivity index (χ1v) is 23.8. The van der Waals surface area contributed by atoms with Gasteiger partial charge >= 0.3 is 0 Å². The molecule has 336 valence electrons. The third kappa shape index (κ3) is 22.7. The summed E-state index contributed by atoms with van der Waals surface area (Å²) in [5.41, 5.74) is 2.13. The maximum atomic E-state index is 6.14. The van der Waals surface area contributed by atoms with Crippen molar-refractivity contribution in [3.8, 4) is 23.0 Å². The van der Waals surface area contributed by atoms with Crippen LogP contribution in [0.4, 0.5) is 0 Å². The number of rotatable bonds is 38. The molecule has 0 bridgehead atoms. The minimum atomic E-state index is -0.212. The van der Waals surface area contributed by atoms with Crippen molar-refractivity contribution >= 4 is 0 Å². The summed E-state index contributed by atoms with van der Waals surface area (Å²) < 4.78 is 53.6. The van der Waals surface area contributed by atoms with Gasteiger partial charge in [0.05, 0.1) is 13.2 Å². The summed E-state index contributed by atoms with van der Waals surface area (Å²) in [6.45, 7) is 17.0. The third-order valence-corrected chi connectivity index (χ3v) is 10.9. The summed E-state index contributed by atoms with van der Waals surface area (Å²) in [6.07, 6.45) is 22.2. The summed E-state index contributed by atoms with van der Waals surface area (Å²) in [5, 5.41) is 0. The van der Waals surface area contributed by atoms with Crippen LogP contribution in [-0.4, -0.2) is 65.4 Å². The van der Waals surface area contributed by atoms with Gasteiger partial charge in [0, 0.05) is 65.7 Å². The summed E-state index contributed by atoms with van der Waals surface area (Å²) in [6, 6.07) is 12.2. The van der Waals surface area contributed by atoms with E-state index >= 15 is 0 Å². The third-order valence-electron chi connectivity index (χ3n) is 10.9. The summed E-state index contributed by atoms with van der Waals surface area (Å²) in [4.78, 5) is 0. The minimum absolute atomic E-state index is 0.212. The van der Waals surface area contributed by atoms with Crippen LogP contribution in [0.5, 0.6) is 23.0 Å². The lowest BCUT2D eigenvalue weighted by molar-refractivity contribution is 0.0390. The average molecular weight is 827 g/mol. The Morgan fingerprint density at radius 1 is 0.373 bits per heavy atom. The van der Waals surface area contributed by atoms with Crippen molar-refractivity contribution in [1.82, 2.24) is 0 Å². The van der Waals surface area contributed by atoms with E-state index in [0.29, 0.717) is 13.2 Å². The van der Waals surface area contributed by atoms with Gasteiger partial charge in [-0.15, -0.1) is 0 Å². The number of fused-ring (bicyclic) bond motifs is 2. The topological polar surface area (TPSA) is 83.1 Å². The minimum Gasteiger partial charge on any atom is -0.451 e. The van der Waals surface area contributed by atoms with E-state index in [2.05, 4.69) is 39.8 Å². The van der Waals surface area contributed by atoms with Crippen molar-refractivity contribution in [3.63, 3.8) is 0 Å². The second kappa shape index (κ2) is 31.3. The molecule has 9 nitrogen and oxygen atoms in total. The van der Waals surface area contributed by atoms with E-state index in [1.165, 1.54) is 38.5 Å². The van der Waals surface area contributed by atoms with Crippen molar-refractivity contribution in [2.75, 3.05) is 52.9 Å². The lowest BCUT2D eigenvalue weighted by Crippen LogP contribution is -2.17. The first kappa shape index (κ1) is 49.1. The van der Waals surface area contributed by atoms with E-state index in [4.69, 9.17) is 42.6 Å². The van der Waals surface area contributed by atoms with Crippen LogP contribution in [0.1, 0.15) is 167 Å². The largest absolute Gasteiger partial charge is 0.451 e. The fourth-order valence-electron chi connectivity index (χ4n) is 7.11. The highest BCUT2D eigenvalue weighted by Gasteiger charge is 2.25. The molecule has 0 N–H and O–H groups in total. The number of benzene rings is 2. The number of unbranched alkanes of at least 4 members (excludes halogenated alkanes) is 12. The van der Waals surface area contributed by atoms with E-state index in [0.717, 1.165) is 189 Å². The number of ether oxygens (including phenoxy) is 9. The average Bonchev–Trinajstić information content (AvgIpc) is 3.83. The lowest BCUT2D eigenvalue weighted by atomic mass is 10.1. The molecule has 2 unspecified atom stereocenters. The van der Waals surface area contributed by atoms with Crippen LogP contribution in [0.3, 0.4) is 0 Å². The molecule has 2 atom stereocenters. The number of hydrogen-bond donors (Lipinski definition) is 0. The SMILES string of the molecule is CC(C)CCOCCCCCCOCCCCCCC1Oc2ccc(COCc3ccc4c(c3)OC(CCCCCCOCCCCCCOCCC(C)C)O4)cc2O1. The van der Waals surface area contributed by atoms with Gasteiger partial charge < -0.3 is 42.6 Å². The molecule has 2 aliphatic heterocycles. The van der Waals surface area contributed by atoms with Crippen LogP contribution in [0, 0.1) is 11.8 Å². The summed E-state index contributed by atoms with van der Waals surface area (Å²) >= 11 is 0. The zero-order chi connectivity index (χ0) is 41.6. The van der Waals surface area contributed by atoms with Crippen LogP contribution < -0.4 is 18.9 Å². The van der Waals surface area contributed by atoms with Crippen LogP contribution in [-0.2, 0) is 36.9 Å². The Kier molecular flexibility index (Phi) is 26.1. The van der Waals surface area contributed by atoms with Crippen molar-refractivity contribution < 1.29 is 42.6 Å². The zero-order valence-electron chi connectivity index (χ0n) is 37.7. The molecular weight excluding hydrogens is 745 g/mol. The molecule has 2 aromatic rings. The van der Waals surface area contributed by atoms with Crippen molar-refractivity contribution in [1.29, 1.82) is 0 Å². The molecule has 0 amide bonds. The fourth-order valence-corrected chi connectivity index (χ4v) is 7.11. The standard InChI is InChI=1S/C50H82O9/c1-41(2)27-35-53-33-19-11-9-17-31-51-29-15-7-5-13-21-49-56-45-25-23-43(37-47(45)58-49)39-55-40-44-24-26-46-48(38-44)59-50(57-46)22-14-6-8-16-30-52-32-18-10-12-20-34-54-36-28-42(3)4/h23-26,37-38,41-42,49-50H,5-22,27-36,39-40H2,1-4H3. The van der Waals surface area contributed by atoms with Gasteiger partial charge in [0.2, 0.25) is 12.6 Å². The normalized spacial score (nSPS) is 15.6. The Labute approximate surface area is 358 Å². The predicted octanol–water partition coefficient (Wildman–Crippen LogP) is 12.8. The van der Waals surface area contributed by atoms with Gasteiger partial charge in [0.25, 0.3) is 0 Å². The molecule has 0 aliphatic carbocycles.